The summed E-state index contributed by atoms with van der Waals surface area (Å²) in [5.41, 5.74) is 17.0. The molecule has 0 bridgehead atoms. The SMILES string of the molecule is NCc1ccc(-c2csc(N=C(N)N)n2)s1. The Morgan fingerprint density at radius 2 is 2.19 bits per heavy atom. The molecule has 0 atom stereocenters. The monoisotopic (exact) mass is 253 g/mol. The van der Waals surface area contributed by atoms with Crippen molar-refractivity contribution in [3.63, 3.8) is 0 Å². The average molecular weight is 253 g/mol. The molecule has 0 fully saturated rings. The zero-order valence-corrected chi connectivity index (χ0v) is 10.0. The number of rotatable bonds is 3. The fourth-order valence-corrected chi connectivity index (χ4v) is 2.79. The van der Waals surface area contributed by atoms with Gasteiger partial charge in [0.15, 0.2) is 5.96 Å². The van der Waals surface area contributed by atoms with Gasteiger partial charge in [-0.2, -0.15) is 4.99 Å². The Kier molecular flexibility index (Phi) is 3.18. The quantitative estimate of drug-likeness (QED) is 0.565. The first-order valence-electron chi connectivity index (χ1n) is 4.53. The first-order chi connectivity index (χ1) is 7.69. The van der Waals surface area contributed by atoms with Gasteiger partial charge in [0.25, 0.3) is 0 Å². The molecule has 6 N–H and O–H groups in total. The van der Waals surface area contributed by atoms with Gasteiger partial charge in [0.2, 0.25) is 5.13 Å². The van der Waals surface area contributed by atoms with Gasteiger partial charge >= 0.3 is 0 Å². The molecule has 0 radical (unpaired) electrons. The van der Waals surface area contributed by atoms with E-state index in [1.807, 2.05) is 17.5 Å². The molecular weight excluding hydrogens is 242 g/mol. The molecule has 16 heavy (non-hydrogen) atoms. The molecule has 5 nitrogen and oxygen atoms in total. The van der Waals surface area contributed by atoms with Gasteiger partial charge in [0, 0.05) is 16.8 Å². The zero-order valence-electron chi connectivity index (χ0n) is 8.38. The van der Waals surface area contributed by atoms with Gasteiger partial charge in [0.05, 0.1) is 10.6 Å². The first-order valence-corrected chi connectivity index (χ1v) is 6.23. The van der Waals surface area contributed by atoms with Crippen LogP contribution in [-0.4, -0.2) is 10.9 Å². The number of hydrogen-bond acceptors (Lipinski definition) is 5. The molecule has 0 spiro atoms. The number of hydrogen-bond donors (Lipinski definition) is 3. The molecule has 0 aromatic carbocycles. The van der Waals surface area contributed by atoms with Crippen LogP contribution in [0.2, 0.25) is 0 Å². The number of thiophene rings is 1. The summed E-state index contributed by atoms with van der Waals surface area (Å²) in [5.74, 6) is 0.0229. The minimum atomic E-state index is 0.0229. The van der Waals surface area contributed by atoms with Crippen LogP contribution in [0.4, 0.5) is 5.13 Å². The molecule has 0 aliphatic heterocycles. The predicted molar refractivity (Wildman–Crippen MR) is 68.8 cm³/mol. The van der Waals surface area contributed by atoms with Crippen molar-refractivity contribution in [1.82, 2.24) is 4.98 Å². The van der Waals surface area contributed by atoms with E-state index in [9.17, 15) is 0 Å². The van der Waals surface area contributed by atoms with Crippen molar-refractivity contribution >= 4 is 33.8 Å². The third-order valence-corrected chi connectivity index (χ3v) is 3.70. The van der Waals surface area contributed by atoms with E-state index in [0.29, 0.717) is 11.7 Å². The van der Waals surface area contributed by atoms with Crippen LogP contribution in [0.3, 0.4) is 0 Å². The number of aromatic nitrogens is 1. The molecule has 0 aliphatic carbocycles. The molecular formula is C9H11N5S2. The molecule has 2 heterocycles. The lowest BCUT2D eigenvalue weighted by atomic mass is 10.4. The molecule has 0 unspecified atom stereocenters. The molecule has 0 saturated carbocycles. The topological polar surface area (TPSA) is 103 Å². The lowest BCUT2D eigenvalue weighted by Gasteiger charge is -1.89. The third kappa shape index (κ3) is 2.38. The van der Waals surface area contributed by atoms with E-state index in [0.717, 1.165) is 15.4 Å². The Hall–Kier alpha value is -1.44. The van der Waals surface area contributed by atoms with E-state index in [-0.39, 0.29) is 5.96 Å². The summed E-state index contributed by atoms with van der Waals surface area (Å²) in [6.45, 7) is 0.551. The molecule has 2 aromatic rings. The van der Waals surface area contributed by atoms with Crippen LogP contribution in [0.15, 0.2) is 22.5 Å². The van der Waals surface area contributed by atoms with Crippen LogP contribution < -0.4 is 17.2 Å². The van der Waals surface area contributed by atoms with E-state index >= 15 is 0 Å². The average Bonchev–Trinajstić information content (AvgIpc) is 2.83. The van der Waals surface area contributed by atoms with E-state index in [2.05, 4.69) is 9.98 Å². The van der Waals surface area contributed by atoms with Crippen molar-refractivity contribution < 1.29 is 0 Å². The molecule has 0 aliphatic rings. The van der Waals surface area contributed by atoms with Crippen molar-refractivity contribution in [2.24, 2.45) is 22.2 Å². The van der Waals surface area contributed by atoms with Crippen molar-refractivity contribution in [2.75, 3.05) is 0 Å². The number of nitrogens with zero attached hydrogens (tertiary/aromatic N) is 2. The summed E-state index contributed by atoms with van der Waals surface area (Å²) in [5, 5.41) is 2.49. The van der Waals surface area contributed by atoms with Crippen LogP contribution >= 0.6 is 22.7 Å². The summed E-state index contributed by atoms with van der Waals surface area (Å²) >= 11 is 3.03. The second-order valence-corrected chi connectivity index (χ2v) is 5.03. The molecule has 0 amide bonds. The Bertz CT molecular complexity index is 509. The number of guanidine groups is 1. The van der Waals surface area contributed by atoms with Gasteiger partial charge in [0.1, 0.15) is 0 Å². The highest BCUT2D eigenvalue weighted by atomic mass is 32.1. The van der Waals surface area contributed by atoms with Crippen molar-refractivity contribution in [1.29, 1.82) is 0 Å². The van der Waals surface area contributed by atoms with Crippen LogP contribution in [0.25, 0.3) is 10.6 Å². The van der Waals surface area contributed by atoms with Gasteiger partial charge < -0.3 is 17.2 Å². The maximum atomic E-state index is 5.55. The number of nitrogens with two attached hydrogens (primary N) is 3. The summed E-state index contributed by atoms with van der Waals surface area (Å²) < 4.78 is 0. The van der Waals surface area contributed by atoms with Crippen molar-refractivity contribution in [2.45, 2.75) is 6.54 Å². The van der Waals surface area contributed by atoms with Crippen LogP contribution in [0.1, 0.15) is 4.88 Å². The second kappa shape index (κ2) is 4.60. The van der Waals surface area contributed by atoms with Gasteiger partial charge in [-0.25, -0.2) is 4.98 Å². The fourth-order valence-electron chi connectivity index (χ4n) is 1.16. The van der Waals surface area contributed by atoms with Gasteiger partial charge in [-0.15, -0.1) is 22.7 Å². The maximum absolute atomic E-state index is 5.55. The smallest absolute Gasteiger partial charge is 0.212 e. The number of aliphatic imine (C=N–C) groups is 1. The van der Waals surface area contributed by atoms with E-state index in [4.69, 9.17) is 17.2 Å². The first kappa shape index (κ1) is 11.1. The summed E-state index contributed by atoms with van der Waals surface area (Å²) in [6.07, 6.45) is 0. The van der Waals surface area contributed by atoms with Crippen molar-refractivity contribution in [3.05, 3.63) is 22.4 Å². The summed E-state index contributed by atoms with van der Waals surface area (Å²) in [7, 11) is 0. The molecule has 2 rings (SSSR count). The number of thiazole rings is 1. The second-order valence-electron chi connectivity index (χ2n) is 3.02. The normalized spacial score (nSPS) is 10.3. The molecule has 84 valence electrons. The Morgan fingerprint density at radius 1 is 1.38 bits per heavy atom. The largest absolute Gasteiger partial charge is 0.370 e. The van der Waals surface area contributed by atoms with Crippen LogP contribution in [-0.2, 0) is 6.54 Å². The Morgan fingerprint density at radius 3 is 2.81 bits per heavy atom. The van der Waals surface area contributed by atoms with Gasteiger partial charge in [-0.1, -0.05) is 0 Å². The standard InChI is InChI=1S/C9H11N5S2/c10-3-5-1-2-7(16-5)6-4-15-9(13-6)14-8(11)12/h1-2,4H,3,10H2,(H4,11,12,13,14). The Labute approximate surface area is 101 Å². The lowest BCUT2D eigenvalue weighted by Crippen LogP contribution is -2.21. The van der Waals surface area contributed by atoms with Gasteiger partial charge in [-0.05, 0) is 12.1 Å². The highest BCUT2D eigenvalue weighted by Crippen LogP contribution is 2.31. The van der Waals surface area contributed by atoms with E-state index in [1.54, 1.807) is 11.3 Å². The fraction of sp³-hybridized carbons (Fsp3) is 0.111. The minimum absolute atomic E-state index is 0.0229. The summed E-state index contributed by atoms with van der Waals surface area (Å²) in [4.78, 5) is 10.4. The predicted octanol–water partition coefficient (Wildman–Crippen LogP) is 1.24. The zero-order chi connectivity index (χ0) is 11.5. The molecule has 0 saturated heterocycles. The third-order valence-electron chi connectivity index (χ3n) is 1.83. The highest BCUT2D eigenvalue weighted by molar-refractivity contribution is 7.16. The van der Waals surface area contributed by atoms with Gasteiger partial charge in [-0.3, -0.25) is 0 Å². The molecule has 2 aromatic heterocycles. The lowest BCUT2D eigenvalue weighted by molar-refractivity contribution is 1.11. The summed E-state index contributed by atoms with van der Waals surface area (Å²) in [6, 6.07) is 4.00. The van der Waals surface area contributed by atoms with Crippen molar-refractivity contribution in [3.8, 4) is 10.6 Å². The molecule has 7 heteroatoms. The maximum Gasteiger partial charge on any atom is 0.212 e. The minimum Gasteiger partial charge on any atom is -0.370 e. The van der Waals surface area contributed by atoms with E-state index in [1.165, 1.54) is 11.3 Å². The van der Waals surface area contributed by atoms with Crippen LogP contribution in [0.5, 0.6) is 0 Å². The Balaban J connectivity index is 2.27. The van der Waals surface area contributed by atoms with Crippen LogP contribution in [0, 0.1) is 0 Å². The highest BCUT2D eigenvalue weighted by Gasteiger charge is 2.06. The van der Waals surface area contributed by atoms with E-state index < -0.39 is 0 Å².